The van der Waals surface area contributed by atoms with E-state index in [9.17, 15) is 0 Å². The van der Waals surface area contributed by atoms with Crippen molar-refractivity contribution < 1.29 is 4.42 Å². The predicted octanol–water partition coefficient (Wildman–Crippen LogP) is 14.9. The molecule has 0 saturated carbocycles. The van der Waals surface area contributed by atoms with Crippen LogP contribution in [0.25, 0.3) is 110 Å². The van der Waals surface area contributed by atoms with Crippen LogP contribution in [-0.2, 0) is 0 Å². The third kappa shape index (κ3) is 4.71. The summed E-state index contributed by atoms with van der Waals surface area (Å²) in [6.07, 6.45) is 0. The summed E-state index contributed by atoms with van der Waals surface area (Å²) in [5.41, 5.74) is 11.6. The highest BCUT2D eigenvalue weighted by molar-refractivity contribution is 6.22. The molecule has 0 aliphatic carbocycles. The highest BCUT2D eigenvalue weighted by Gasteiger charge is 2.18. The predicted molar refractivity (Wildman–Crippen MR) is 225 cm³/mol. The minimum absolute atomic E-state index is 0.917. The van der Waals surface area contributed by atoms with Gasteiger partial charge in [0.2, 0.25) is 0 Å². The molecule has 10 aromatic carbocycles. The summed E-state index contributed by atoms with van der Waals surface area (Å²) in [7, 11) is 0. The van der Waals surface area contributed by atoms with E-state index >= 15 is 0 Å². The number of hydrogen-bond acceptors (Lipinski definition) is 1. The van der Waals surface area contributed by atoms with Crippen molar-refractivity contribution in [1.29, 1.82) is 0 Å². The second-order valence-electron chi connectivity index (χ2n) is 14.0. The molecule has 0 bridgehead atoms. The standard InChI is InChI=1S/C52H32O/c1-2-14-39-34(11-1)27-29-42-40(20-10-21-41(39)42)37-12-9-13-38(31-37)52-46-18-5-3-16-44(46)51(45-17-4-6-19-47(45)52)35-25-23-33(24-26-35)36-28-30-50-48(32-36)43-15-7-8-22-49(43)53-50/h1-32H. The Morgan fingerprint density at radius 2 is 0.792 bits per heavy atom. The first-order valence-corrected chi connectivity index (χ1v) is 18.3. The zero-order chi connectivity index (χ0) is 34.9. The highest BCUT2D eigenvalue weighted by Crippen LogP contribution is 2.45. The van der Waals surface area contributed by atoms with E-state index in [1.807, 2.05) is 12.1 Å². The maximum atomic E-state index is 6.10. The van der Waals surface area contributed by atoms with Gasteiger partial charge in [0.1, 0.15) is 11.2 Å². The fourth-order valence-electron chi connectivity index (χ4n) is 8.62. The van der Waals surface area contributed by atoms with Gasteiger partial charge in [-0.2, -0.15) is 0 Å². The molecule has 0 fully saturated rings. The normalized spacial score (nSPS) is 11.8. The van der Waals surface area contributed by atoms with Gasteiger partial charge in [-0.15, -0.1) is 0 Å². The molecule has 11 aromatic rings. The summed E-state index contributed by atoms with van der Waals surface area (Å²) in [4.78, 5) is 0. The number of benzene rings is 10. The SMILES string of the molecule is c1cc(-c2c3ccccc3c(-c3ccc(-c4ccc5oc6ccccc6c5c4)cc3)c3ccccc23)cc(-c2cccc3c2ccc2ccccc23)c1. The maximum absolute atomic E-state index is 6.10. The Bertz CT molecular complexity index is 3160. The van der Waals surface area contributed by atoms with Gasteiger partial charge in [-0.05, 0) is 112 Å². The molecular formula is C52H32O. The van der Waals surface area contributed by atoms with Gasteiger partial charge in [0.05, 0.1) is 0 Å². The van der Waals surface area contributed by atoms with E-state index in [1.165, 1.54) is 87.6 Å². The first kappa shape index (κ1) is 29.7. The largest absolute Gasteiger partial charge is 0.456 e. The van der Waals surface area contributed by atoms with Crippen LogP contribution < -0.4 is 0 Å². The molecule has 1 aromatic heterocycles. The van der Waals surface area contributed by atoms with Gasteiger partial charge in [-0.1, -0.05) is 170 Å². The lowest BCUT2D eigenvalue weighted by Crippen LogP contribution is -1.91. The van der Waals surface area contributed by atoms with Crippen LogP contribution in [0.2, 0.25) is 0 Å². The second-order valence-corrected chi connectivity index (χ2v) is 14.0. The average Bonchev–Trinajstić information content (AvgIpc) is 3.60. The Kier molecular flexibility index (Phi) is 6.62. The third-order valence-electron chi connectivity index (χ3n) is 11.1. The second kappa shape index (κ2) is 11.8. The number of hydrogen-bond donors (Lipinski definition) is 0. The summed E-state index contributed by atoms with van der Waals surface area (Å²) < 4.78 is 6.10. The van der Waals surface area contributed by atoms with Crippen molar-refractivity contribution >= 4 is 65.0 Å². The Labute approximate surface area is 307 Å². The number of para-hydroxylation sites is 1. The lowest BCUT2D eigenvalue weighted by molar-refractivity contribution is 0.669. The van der Waals surface area contributed by atoms with E-state index in [1.54, 1.807) is 0 Å². The molecular weight excluding hydrogens is 641 g/mol. The molecule has 0 saturated heterocycles. The van der Waals surface area contributed by atoms with E-state index < -0.39 is 0 Å². The van der Waals surface area contributed by atoms with Crippen molar-refractivity contribution in [2.75, 3.05) is 0 Å². The van der Waals surface area contributed by atoms with E-state index in [4.69, 9.17) is 4.42 Å². The molecule has 0 amide bonds. The van der Waals surface area contributed by atoms with Crippen LogP contribution in [0.4, 0.5) is 0 Å². The zero-order valence-corrected chi connectivity index (χ0v) is 28.9. The fourth-order valence-corrected chi connectivity index (χ4v) is 8.62. The van der Waals surface area contributed by atoms with Gasteiger partial charge in [0.25, 0.3) is 0 Å². The average molecular weight is 673 g/mol. The highest BCUT2D eigenvalue weighted by atomic mass is 16.3. The first-order valence-electron chi connectivity index (χ1n) is 18.3. The van der Waals surface area contributed by atoms with Crippen LogP contribution >= 0.6 is 0 Å². The molecule has 0 atom stereocenters. The molecule has 1 nitrogen and oxygen atoms in total. The van der Waals surface area contributed by atoms with Crippen LogP contribution in [0.1, 0.15) is 0 Å². The maximum Gasteiger partial charge on any atom is 0.135 e. The van der Waals surface area contributed by atoms with Crippen LogP contribution in [0.5, 0.6) is 0 Å². The van der Waals surface area contributed by atoms with Gasteiger partial charge < -0.3 is 4.42 Å². The van der Waals surface area contributed by atoms with Crippen molar-refractivity contribution in [3.05, 3.63) is 194 Å². The summed E-state index contributed by atoms with van der Waals surface area (Å²) in [6.45, 7) is 0. The molecule has 11 rings (SSSR count). The van der Waals surface area contributed by atoms with Crippen molar-refractivity contribution in [3.8, 4) is 44.5 Å². The molecule has 0 aliphatic heterocycles. The first-order chi connectivity index (χ1) is 26.3. The lowest BCUT2D eigenvalue weighted by Gasteiger charge is -2.18. The third-order valence-corrected chi connectivity index (χ3v) is 11.1. The van der Waals surface area contributed by atoms with Crippen LogP contribution in [-0.4, -0.2) is 0 Å². The summed E-state index contributed by atoms with van der Waals surface area (Å²) in [5, 5.41) is 12.4. The Hall–Kier alpha value is -6.96. The summed E-state index contributed by atoms with van der Waals surface area (Å²) in [5.74, 6) is 0. The van der Waals surface area contributed by atoms with Gasteiger partial charge in [0, 0.05) is 10.8 Å². The zero-order valence-electron chi connectivity index (χ0n) is 28.9. The lowest BCUT2D eigenvalue weighted by atomic mass is 9.85. The Balaban J connectivity index is 1.06. The topological polar surface area (TPSA) is 13.1 Å². The van der Waals surface area contributed by atoms with Crippen molar-refractivity contribution in [1.82, 2.24) is 0 Å². The molecule has 246 valence electrons. The summed E-state index contributed by atoms with van der Waals surface area (Å²) in [6, 6.07) is 70.7. The van der Waals surface area contributed by atoms with Crippen LogP contribution in [0, 0.1) is 0 Å². The van der Waals surface area contributed by atoms with Crippen LogP contribution in [0.15, 0.2) is 199 Å². The molecule has 0 aliphatic rings. The quantitative estimate of drug-likeness (QED) is 0.134. The van der Waals surface area contributed by atoms with E-state index in [-0.39, 0.29) is 0 Å². The molecule has 0 spiro atoms. The molecule has 53 heavy (non-hydrogen) atoms. The summed E-state index contributed by atoms with van der Waals surface area (Å²) >= 11 is 0. The minimum Gasteiger partial charge on any atom is -0.456 e. The Morgan fingerprint density at radius 3 is 1.55 bits per heavy atom. The molecule has 0 radical (unpaired) electrons. The van der Waals surface area contributed by atoms with Crippen LogP contribution in [0.3, 0.4) is 0 Å². The van der Waals surface area contributed by atoms with E-state index in [0.717, 1.165) is 21.9 Å². The number of fused-ring (bicyclic) bond motifs is 8. The van der Waals surface area contributed by atoms with Crippen molar-refractivity contribution in [2.24, 2.45) is 0 Å². The van der Waals surface area contributed by atoms with E-state index in [0.29, 0.717) is 0 Å². The monoisotopic (exact) mass is 672 g/mol. The van der Waals surface area contributed by atoms with Crippen molar-refractivity contribution in [3.63, 3.8) is 0 Å². The smallest absolute Gasteiger partial charge is 0.135 e. The van der Waals surface area contributed by atoms with Gasteiger partial charge >= 0.3 is 0 Å². The van der Waals surface area contributed by atoms with Gasteiger partial charge in [-0.25, -0.2) is 0 Å². The van der Waals surface area contributed by atoms with Gasteiger partial charge in [-0.3, -0.25) is 0 Å². The van der Waals surface area contributed by atoms with E-state index in [2.05, 4.69) is 182 Å². The Morgan fingerprint density at radius 1 is 0.245 bits per heavy atom. The molecule has 1 heteroatoms. The molecule has 1 heterocycles. The molecule has 0 N–H and O–H groups in total. The number of rotatable bonds is 4. The number of furan rings is 1. The van der Waals surface area contributed by atoms with Crippen molar-refractivity contribution in [2.45, 2.75) is 0 Å². The fraction of sp³-hybridized carbons (Fsp3) is 0. The molecule has 0 unspecified atom stereocenters. The van der Waals surface area contributed by atoms with Gasteiger partial charge in [0.15, 0.2) is 0 Å². The minimum atomic E-state index is 0.917.